The van der Waals surface area contributed by atoms with E-state index in [1.165, 1.54) is 38.5 Å². The molecule has 1 fully saturated rings. The van der Waals surface area contributed by atoms with Crippen LogP contribution in [0.25, 0.3) is 0 Å². The summed E-state index contributed by atoms with van der Waals surface area (Å²) >= 11 is 0. The Bertz CT molecular complexity index is 449. The molecule has 2 rings (SSSR count). The molecule has 1 aromatic rings. The van der Waals surface area contributed by atoms with Crippen LogP contribution in [-0.4, -0.2) is 34.9 Å². The molecule has 0 bridgehead atoms. The molecule has 1 amide bonds. The van der Waals surface area contributed by atoms with Gasteiger partial charge in [0, 0.05) is 31.5 Å². The van der Waals surface area contributed by atoms with E-state index < -0.39 is 0 Å². The third kappa shape index (κ3) is 4.45. The summed E-state index contributed by atoms with van der Waals surface area (Å²) in [4.78, 5) is 18.4. The first-order valence-corrected chi connectivity index (χ1v) is 8.25. The van der Waals surface area contributed by atoms with Gasteiger partial charge in [0.05, 0.1) is 11.3 Å². The fourth-order valence-corrected chi connectivity index (χ4v) is 2.99. The predicted octanol–water partition coefficient (Wildman–Crippen LogP) is 3.70. The largest absolute Gasteiger partial charge is 0.381 e. The molecular formula is C17H27N3O. The Labute approximate surface area is 127 Å². The molecule has 4 heteroatoms. The van der Waals surface area contributed by atoms with Gasteiger partial charge in [-0.15, -0.1) is 0 Å². The van der Waals surface area contributed by atoms with Gasteiger partial charge < -0.3 is 10.2 Å². The number of hydrogen-bond donors (Lipinski definition) is 1. The molecule has 0 saturated heterocycles. The van der Waals surface area contributed by atoms with Crippen molar-refractivity contribution in [3.63, 3.8) is 0 Å². The van der Waals surface area contributed by atoms with Crippen LogP contribution in [0.15, 0.2) is 18.5 Å². The van der Waals surface area contributed by atoms with Crippen molar-refractivity contribution in [1.82, 2.24) is 9.88 Å². The number of carbonyl (C=O) groups is 1. The summed E-state index contributed by atoms with van der Waals surface area (Å²) in [6, 6.07) is 2.46. The normalized spacial score (nSPS) is 16.3. The standard InChI is InChI=1S/C17H27N3O/c1-3-20(4-2)17(21)14-11-16(13-18-12-14)19-15-9-7-5-6-8-10-15/h11-13,15,19H,3-10H2,1-2H3. The quantitative estimate of drug-likeness (QED) is 0.841. The van der Waals surface area contributed by atoms with E-state index in [0.29, 0.717) is 11.6 Å². The number of amides is 1. The molecular weight excluding hydrogens is 262 g/mol. The molecule has 1 N–H and O–H groups in total. The first kappa shape index (κ1) is 15.8. The van der Waals surface area contributed by atoms with Crippen LogP contribution in [0, 0.1) is 0 Å². The van der Waals surface area contributed by atoms with E-state index in [1.807, 2.05) is 31.0 Å². The Balaban J connectivity index is 2.04. The fraction of sp³-hybridized carbons (Fsp3) is 0.647. The highest BCUT2D eigenvalue weighted by molar-refractivity contribution is 5.94. The Morgan fingerprint density at radius 2 is 1.86 bits per heavy atom. The molecule has 4 nitrogen and oxygen atoms in total. The van der Waals surface area contributed by atoms with Gasteiger partial charge in [0.2, 0.25) is 0 Å². The summed E-state index contributed by atoms with van der Waals surface area (Å²) in [6.45, 7) is 5.47. The molecule has 1 aliphatic carbocycles. The van der Waals surface area contributed by atoms with Crippen LogP contribution in [0.1, 0.15) is 62.7 Å². The van der Waals surface area contributed by atoms with Crippen molar-refractivity contribution in [2.75, 3.05) is 18.4 Å². The van der Waals surface area contributed by atoms with Crippen molar-refractivity contribution >= 4 is 11.6 Å². The molecule has 1 aromatic heterocycles. The molecule has 0 aliphatic heterocycles. The zero-order valence-corrected chi connectivity index (χ0v) is 13.3. The fourth-order valence-electron chi connectivity index (χ4n) is 2.99. The molecule has 0 atom stereocenters. The van der Waals surface area contributed by atoms with Crippen LogP contribution in [0.5, 0.6) is 0 Å². The van der Waals surface area contributed by atoms with Gasteiger partial charge in [0.1, 0.15) is 0 Å². The van der Waals surface area contributed by atoms with Gasteiger partial charge in [-0.2, -0.15) is 0 Å². The van der Waals surface area contributed by atoms with Crippen molar-refractivity contribution in [2.45, 2.75) is 58.4 Å². The van der Waals surface area contributed by atoms with Gasteiger partial charge in [-0.1, -0.05) is 25.7 Å². The van der Waals surface area contributed by atoms with E-state index in [2.05, 4.69) is 10.3 Å². The first-order valence-electron chi connectivity index (χ1n) is 8.25. The summed E-state index contributed by atoms with van der Waals surface area (Å²) in [7, 11) is 0. The van der Waals surface area contributed by atoms with Crippen molar-refractivity contribution in [3.05, 3.63) is 24.0 Å². The topological polar surface area (TPSA) is 45.2 Å². The number of aromatic nitrogens is 1. The average Bonchev–Trinajstić information content (AvgIpc) is 2.77. The van der Waals surface area contributed by atoms with Crippen molar-refractivity contribution in [3.8, 4) is 0 Å². The van der Waals surface area contributed by atoms with E-state index in [4.69, 9.17) is 0 Å². The Hall–Kier alpha value is -1.58. The number of anilines is 1. The first-order chi connectivity index (χ1) is 10.2. The zero-order chi connectivity index (χ0) is 15.1. The lowest BCUT2D eigenvalue weighted by molar-refractivity contribution is 0.0772. The maximum atomic E-state index is 12.4. The monoisotopic (exact) mass is 289 g/mol. The van der Waals surface area contributed by atoms with Crippen LogP contribution in [-0.2, 0) is 0 Å². The number of hydrogen-bond acceptors (Lipinski definition) is 3. The lowest BCUT2D eigenvalue weighted by atomic mass is 10.1. The maximum absolute atomic E-state index is 12.4. The number of pyridine rings is 1. The van der Waals surface area contributed by atoms with E-state index in [9.17, 15) is 4.79 Å². The molecule has 0 unspecified atom stereocenters. The predicted molar refractivity (Wildman–Crippen MR) is 86.6 cm³/mol. The summed E-state index contributed by atoms with van der Waals surface area (Å²) in [5, 5.41) is 3.56. The Morgan fingerprint density at radius 1 is 1.19 bits per heavy atom. The lowest BCUT2D eigenvalue weighted by Crippen LogP contribution is -2.30. The van der Waals surface area contributed by atoms with Gasteiger partial charge in [0.15, 0.2) is 0 Å². The SMILES string of the molecule is CCN(CC)C(=O)c1cncc(NC2CCCCCC2)c1. The maximum Gasteiger partial charge on any atom is 0.255 e. The van der Waals surface area contributed by atoms with Crippen molar-refractivity contribution < 1.29 is 4.79 Å². The highest BCUT2D eigenvalue weighted by Crippen LogP contribution is 2.21. The Morgan fingerprint density at radius 3 is 2.48 bits per heavy atom. The van der Waals surface area contributed by atoms with Crippen LogP contribution in [0.4, 0.5) is 5.69 Å². The second kappa shape index (κ2) is 8.01. The van der Waals surface area contributed by atoms with E-state index in [-0.39, 0.29) is 5.91 Å². The minimum Gasteiger partial charge on any atom is -0.381 e. The van der Waals surface area contributed by atoms with Crippen LogP contribution < -0.4 is 5.32 Å². The lowest BCUT2D eigenvalue weighted by Gasteiger charge is -2.20. The van der Waals surface area contributed by atoms with Crippen LogP contribution >= 0.6 is 0 Å². The van der Waals surface area contributed by atoms with Gasteiger partial charge in [0.25, 0.3) is 5.91 Å². The highest BCUT2D eigenvalue weighted by atomic mass is 16.2. The van der Waals surface area contributed by atoms with Gasteiger partial charge in [-0.3, -0.25) is 9.78 Å². The van der Waals surface area contributed by atoms with Crippen molar-refractivity contribution in [1.29, 1.82) is 0 Å². The van der Waals surface area contributed by atoms with Gasteiger partial charge in [-0.05, 0) is 32.8 Å². The molecule has 21 heavy (non-hydrogen) atoms. The van der Waals surface area contributed by atoms with E-state index in [0.717, 1.165) is 18.8 Å². The zero-order valence-electron chi connectivity index (χ0n) is 13.3. The molecule has 1 heterocycles. The average molecular weight is 289 g/mol. The minimum atomic E-state index is 0.0667. The minimum absolute atomic E-state index is 0.0667. The highest BCUT2D eigenvalue weighted by Gasteiger charge is 2.15. The molecule has 0 radical (unpaired) electrons. The third-order valence-electron chi connectivity index (χ3n) is 4.26. The van der Waals surface area contributed by atoms with Gasteiger partial charge >= 0.3 is 0 Å². The molecule has 0 aromatic carbocycles. The molecule has 1 saturated carbocycles. The van der Waals surface area contributed by atoms with Crippen molar-refractivity contribution in [2.24, 2.45) is 0 Å². The number of rotatable bonds is 5. The summed E-state index contributed by atoms with van der Waals surface area (Å²) in [5.74, 6) is 0.0667. The Kier molecular flexibility index (Phi) is 6.03. The molecule has 0 spiro atoms. The second-order valence-electron chi connectivity index (χ2n) is 5.77. The molecule has 116 valence electrons. The second-order valence-corrected chi connectivity index (χ2v) is 5.77. The van der Waals surface area contributed by atoms with Crippen LogP contribution in [0.3, 0.4) is 0 Å². The summed E-state index contributed by atoms with van der Waals surface area (Å²) < 4.78 is 0. The third-order valence-corrected chi connectivity index (χ3v) is 4.26. The number of carbonyl (C=O) groups excluding carboxylic acids is 1. The summed E-state index contributed by atoms with van der Waals surface area (Å²) in [6.07, 6.45) is 11.2. The van der Waals surface area contributed by atoms with Crippen LogP contribution in [0.2, 0.25) is 0 Å². The molecule has 1 aliphatic rings. The smallest absolute Gasteiger partial charge is 0.255 e. The van der Waals surface area contributed by atoms with Gasteiger partial charge in [-0.25, -0.2) is 0 Å². The van der Waals surface area contributed by atoms with E-state index >= 15 is 0 Å². The number of nitrogens with one attached hydrogen (secondary N) is 1. The summed E-state index contributed by atoms with van der Waals surface area (Å²) in [5.41, 5.74) is 1.65. The number of nitrogens with zero attached hydrogens (tertiary/aromatic N) is 2. The van der Waals surface area contributed by atoms with E-state index in [1.54, 1.807) is 6.20 Å².